The molecule has 0 radical (unpaired) electrons. The highest BCUT2D eigenvalue weighted by Crippen LogP contribution is 2.31. The molecule has 1 aromatic carbocycles. The van der Waals surface area contributed by atoms with E-state index in [-0.39, 0.29) is 6.03 Å². The molecule has 0 spiro atoms. The first-order valence-electron chi connectivity index (χ1n) is 7.45. The van der Waals surface area contributed by atoms with Crippen LogP contribution >= 0.6 is 0 Å². The number of carbonyl (C=O) groups excluding carboxylic acids is 1. The van der Waals surface area contributed by atoms with E-state index in [9.17, 15) is 4.79 Å². The van der Waals surface area contributed by atoms with Gasteiger partial charge in [-0.1, -0.05) is 6.92 Å². The van der Waals surface area contributed by atoms with Gasteiger partial charge in [0.15, 0.2) is 0 Å². The number of rotatable bonds is 7. The van der Waals surface area contributed by atoms with E-state index in [2.05, 4.69) is 12.2 Å². The lowest BCUT2D eigenvalue weighted by atomic mass is 10.2. The molecule has 0 atom stereocenters. The molecule has 0 heterocycles. The van der Waals surface area contributed by atoms with Crippen LogP contribution in [0.4, 0.5) is 10.5 Å². The van der Waals surface area contributed by atoms with E-state index in [0.717, 1.165) is 19.5 Å². The van der Waals surface area contributed by atoms with Crippen molar-refractivity contribution in [2.45, 2.75) is 26.2 Å². The smallest absolute Gasteiger partial charge is 0.321 e. The Balaban J connectivity index is 2.08. The quantitative estimate of drug-likeness (QED) is 0.838. The van der Waals surface area contributed by atoms with E-state index in [1.165, 1.54) is 12.8 Å². The third-order valence-electron chi connectivity index (χ3n) is 3.60. The molecule has 0 unspecified atom stereocenters. The molecule has 5 nitrogen and oxygen atoms in total. The van der Waals surface area contributed by atoms with Crippen molar-refractivity contribution in [3.8, 4) is 11.5 Å². The number of nitrogens with zero attached hydrogens (tertiary/aromatic N) is 1. The molecule has 0 bridgehead atoms. The number of benzene rings is 1. The molecule has 21 heavy (non-hydrogen) atoms. The summed E-state index contributed by atoms with van der Waals surface area (Å²) < 4.78 is 10.5. The number of methoxy groups -OCH3 is 2. The monoisotopic (exact) mass is 292 g/mol. The average molecular weight is 292 g/mol. The molecule has 1 saturated carbocycles. The van der Waals surface area contributed by atoms with E-state index in [4.69, 9.17) is 9.47 Å². The summed E-state index contributed by atoms with van der Waals surface area (Å²) in [4.78, 5) is 14.3. The van der Waals surface area contributed by atoms with Gasteiger partial charge in [0.25, 0.3) is 0 Å². The second kappa shape index (κ2) is 7.20. The summed E-state index contributed by atoms with van der Waals surface area (Å²) in [6, 6.07) is 5.30. The Morgan fingerprint density at radius 2 is 2.10 bits per heavy atom. The van der Waals surface area contributed by atoms with Crippen molar-refractivity contribution >= 4 is 11.7 Å². The maximum absolute atomic E-state index is 12.5. The molecule has 5 heteroatoms. The topological polar surface area (TPSA) is 50.8 Å². The summed E-state index contributed by atoms with van der Waals surface area (Å²) in [6.45, 7) is 3.69. The van der Waals surface area contributed by atoms with Crippen LogP contribution in [-0.2, 0) is 0 Å². The second-order valence-corrected chi connectivity index (χ2v) is 5.39. The zero-order valence-corrected chi connectivity index (χ0v) is 13.0. The number of amides is 2. The largest absolute Gasteiger partial charge is 0.497 e. The third-order valence-corrected chi connectivity index (χ3v) is 3.60. The van der Waals surface area contributed by atoms with E-state index in [0.29, 0.717) is 23.1 Å². The lowest BCUT2D eigenvalue weighted by molar-refractivity contribution is 0.209. The Labute approximate surface area is 126 Å². The van der Waals surface area contributed by atoms with Crippen LogP contribution < -0.4 is 14.8 Å². The van der Waals surface area contributed by atoms with Gasteiger partial charge in [-0.3, -0.25) is 0 Å². The van der Waals surface area contributed by atoms with Crippen LogP contribution in [-0.4, -0.2) is 38.2 Å². The van der Waals surface area contributed by atoms with Crippen LogP contribution in [0.25, 0.3) is 0 Å². The first-order chi connectivity index (χ1) is 10.2. The van der Waals surface area contributed by atoms with Crippen molar-refractivity contribution in [1.29, 1.82) is 0 Å². The molecule has 1 aromatic rings. The molecule has 1 aliphatic carbocycles. The summed E-state index contributed by atoms with van der Waals surface area (Å²) in [7, 11) is 3.19. The van der Waals surface area contributed by atoms with Crippen molar-refractivity contribution in [2.75, 3.05) is 32.6 Å². The van der Waals surface area contributed by atoms with Gasteiger partial charge in [-0.25, -0.2) is 4.79 Å². The summed E-state index contributed by atoms with van der Waals surface area (Å²) in [5, 5.41) is 2.94. The summed E-state index contributed by atoms with van der Waals surface area (Å²) >= 11 is 0. The van der Waals surface area contributed by atoms with Crippen LogP contribution in [0.3, 0.4) is 0 Å². The van der Waals surface area contributed by atoms with Crippen molar-refractivity contribution in [1.82, 2.24) is 4.90 Å². The van der Waals surface area contributed by atoms with Gasteiger partial charge in [0.1, 0.15) is 11.5 Å². The highest BCUT2D eigenvalue weighted by Gasteiger charge is 2.26. The van der Waals surface area contributed by atoms with Gasteiger partial charge in [-0.05, 0) is 37.3 Å². The minimum absolute atomic E-state index is 0.0738. The van der Waals surface area contributed by atoms with Gasteiger partial charge in [0.2, 0.25) is 0 Å². The Morgan fingerprint density at radius 3 is 2.67 bits per heavy atom. The van der Waals surface area contributed by atoms with Crippen LogP contribution in [0.2, 0.25) is 0 Å². The maximum Gasteiger partial charge on any atom is 0.321 e. The fourth-order valence-electron chi connectivity index (χ4n) is 2.26. The summed E-state index contributed by atoms with van der Waals surface area (Å²) in [5.74, 6) is 2.00. The van der Waals surface area contributed by atoms with Gasteiger partial charge in [0.05, 0.1) is 19.9 Å². The fourth-order valence-corrected chi connectivity index (χ4v) is 2.26. The van der Waals surface area contributed by atoms with Crippen LogP contribution in [0.1, 0.15) is 26.2 Å². The lowest BCUT2D eigenvalue weighted by Gasteiger charge is -2.23. The van der Waals surface area contributed by atoms with Crippen molar-refractivity contribution in [3.05, 3.63) is 18.2 Å². The van der Waals surface area contributed by atoms with Gasteiger partial charge in [-0.15, -0.1) is 0 Å². The van der Waals surface area contributed by atoms with Gasteiger partial charge < -0.3 is 19.7 Å². The number of ether oxygens (including phenoxy) is 2. The first kappa shape index (κ1) is 15.5. The zero-order chi connectivity index (χ0) is 15.2. The second-order valence-electron chi connectivity index (χ2n) is 5.39. The zero-order valence-electron chi connectivity index (χ0n) is 13.0. The fraction of sp³-hybridized carbons (Fsp3) is 0.562. The number of hydrogen-bond acceptors (Lipinski definition) is 3. The molecule has 116 valence electrons. The van der Waals surface area contributed by atoms with E-state index in [1.54, 1.807) is 26.4 Å². The predicted molar refractivity (Wildman–Crippen MR) is 83.2 cm³/mol. The minimum atomic E-state index is -0.0738. The van der Waals surface area contributed by atoms with Gasteiger partial charge >= 0.3 is 6.03 Å². The number of anilines is 1. The van der Waals surface area contributed by atoms with E-state index in [1.807, 2.05) is 11.0 Å². The Hall–Kier alpha value is -1.91. The molecule has 0 aliphatic heterocycles. The number of nitrogens with one attached hydrogen (secondary N) is 1. The Bertz CT molecular complexity index is 486. The van der Waals surface area contributed by atoms with E-state index < -0.39 is 0 Å². The SMILES string of the molecule is CCCN(CC1CC1)C(=O)Nc1cc(OC)ccc1OC. The number of carbonyl (C=O) groups is 1. The third kappa shape index (κ3) is 4.28. The first-order valence-corrected chi connectivity index (χ1v) is 7.45. The molecule has 1 fully saturated rings. The molecular formula is C16H24N2O3. The molecule has 1 N–H and O–H groups in total. The van der Waals surface area contributed by atoms with Gasteiger partial charge in [-0.2, -0.15) is 0 Å². The van der Waals surface area contributed by atoms with Gasteiger partial charge in [0, 0.05) is 19.2 Å². The standard InChI is InChI=1S/C16H24N2O3/c1-4-9-18(11-12-5-6-12)16(19)17-14-10-13(20-2)7-8-15(14)21-3/h7-8,10,12H,4-6,9,11H2,1-3H3,(H,17,19). The Kier molecular flexibility index (Phi) is 5.31. The normalized spacial score (nSPS) is 13.7. The van der Waals surface area contributed by atoms with Crippen LogP contribution in [0.5, 0.6) is 11.5 Å². The minimum Gasteiger partial charge on any atom is -0.497 e. The van der Waals surface area contributed by atoms with Crippen LogP contribution in [0, 0.1) is 5.92 Å². The Morgan fingerprint density at radius 1 is 1.33 bits per heavy atom. The van der Waals surface area contributed by atoms with Crippen molar-refractivity contribution < 1.29 is 14.3 Å². The molecule has 2 rings (SSSR count). The van der Waals surface area contributed by atoms with Crippen LogP contribution in [0.15, 0.2) is 18.2 Å². The number of urea groups is 1. The molecule has 0 saturated heterocycles. The molecule has 2 amide bonds. The van der Waals surface area contributed by atoms with E-state index >= 15 is 0 Å². The molecule has 1 aliphatic rings. The molecule has 0 aromatic heterocycles. The van der Waals surface area contributed by atoms with Crippen molar-refractivity contribution in [2.24, 2.45) is 5.92 Å². The summed E-state index contributed by atoms with van der Waals surface area (Å²) in [5.41, 5.74) is 0.638. The highest BCUT2D eigenvalue weighted by atomic mass is 16.5. The molecular weight excluding hydrogens is 268 g/mol. The number of hydrogen-bond donors (Lipinski definition) is 1. The lowest BCUT2D eigenvalue weighted by Crippen LogP contribution is -2.37. The van der Waals surface area contributed by atoms with Crippen molar-refractivity contribution in [3.63, 3.8) is 0 Å². The predicted octanol–water partition coefficient (Wildman–Crippen LogP) is 3.36. The highest BCUT2D eigenvalue weighted by molar-refractivity contribution is 5.91. The average Bonchev–Trinajstić information content (AvgIpc) is 3.30. The summed E-state index contributed by atoms with van der Waals surface area (Å²) in [6.07, 6.45) is 3.42. The maximum atomic E-state index is 12.5.